The Morgan fingerprint density at radius 1 is 1.25 bits per heavy atom. The van der Waals surface area contributed by atoms with E-state index in [0.717, 1.165) is 5.56 Å². The minimum absolute atomic E-state index is 0.208. The van der Waals surface area contributed by atoms with E-state index in [1.807, 2.05) is 30.3 Å². The van der Waals surface area contributed by atoms with E-state index in [9.17, 15) is 4.57 Å². The van der Waals surface area contributed by atoms with Crippen molar-refractivity contribution in [3.63, 3.8) is 0 Å². The number of ether oxygens (including phenoxy) is 3. The molecule has 1 heterocycles. The highest BCUT2D eigenvalue weighted by Gasteiger charge is 2.38. The zero-order valence-corrected chi connectivity index (χ0v) is 11.9. The molecule has 0 aliphatic carbocycles. The second-order valence-electron chi connectivity index (χ2n) is 4.40. The average Bonchev–Trinajstić information content (AvgIpc) is 2.87. The van der Waals surface area contributed by atoms with Crippen LogP contribution in [0.5, 0.6) is 17.2 Å². The molecule has 2 aromatic carbocycles. The van der Waals surface area contributed by atoms with Gasteiger partial charge in [0, 0.05) is 12.1 Å². The van der Waals surface area contributed by atoms with Crippen molar-refractivity contribution in [1.82, 2.24) is 0 Å². The molecule has 0 radical (unpaired) electrons. The summed E-state index contributed by atoms with van der Waals surface area (Å²) in [6.07, 6.45) is 0.208. The molecule has 0 spiro atoms. The Bertz CT molecular complexity index is 640. The van der Waals surface area contributed by atoms with Crippen molar-refractivity contribution < 1.29 is 18.8 Å². The molecular formula is C15H14O4P+. The van der Waals surface area contributed by atoms with Crippen LogP contribution in [-0.4, -0.2) is 13.5 Å². The molecule has 1 unspecified atom stereocenters. The van der Waals surface area contributed by atoms with E-state index in [1.165, 1.54) is 0 Å². The number of rotatable bonds is 4. The van der Waals surface area contributed by atoms with Crippen molar-refractivity contribution in [2.24, 2.45) is 0 Å². The Kier molecular flexibility index (Phi) is 3.57. The summed E-state index contributed by atoms with van der Waals surface area (Å²) in [5, 5.41) is 0.650. The molecule has 0 bridgehead atoms. The lowest BCUT2D eigenvalue weighted by atomic mass is 10.2. The van der Waals surface area contributed by atoms with E-state index < -0.39 is 7.80 Å². The van der Waals surface area contributed by atoms with Crippen LogP contribution >= 0.6 is 7.80 Å². The monoisotopic (exact) mass is 289 g/mol. The van der Waals surface area contributed by atoms with Crippen molar-refractivity contribution in [3.8, 4) is 17.2 Å². The smallest absolute Gasteiger partial charge is 0.425 e. The summed E-state index contributed by atoms with van der Waals surface area (Å²) in [6, 6.07) is 13.3. The molecule has 1 atom stereocenters. The van der Waals surface area contributed by atoms with Crippen LogP contribution in [0.4, 0.5) is 0 Å². The standard InChI is InChI=1S/C15H14O4P/c1-17-12-7-13(15-14(8-12)19-10-20(15)16)18-9-11-5-3-2-4-6-11/h2-8H,9-10H2,1H3/q+1. The van der Waals surface area contributed by atoms with Crippen LogP contribution < -0.4 is 19.5 Å². The maximum Gasteiger partial charge on any atom is 0.425 e. The topological polar surface area (TPSA) is 44.8 Å². The minimum Gasteiger partial charge on any atom is -0.496 e. The number of fused-ring (bicyclic) bond motifs is 1. The first-order valence-electron chi connectivity index (χ1n) is 6.24. The lowest BCUT2D eigenvalue weighted by Crippen LogP contribution is -2.05. The molecule has 102 valence electrons. The zero-order chi connectivity index (χ0) is 13.9. The van der Waals surface area contributed by atoms with Crippen molar-refractivity contribution in [2.75, 3.05) is 13.5 Å². The average molecular weight is 289 g/mol. The molecule has 0 fully saturated rings. The first-order valence-corrected chi connectivity index (χ1v) is 7.68. The van der Waals surface area contributed by atoms with Gasteiger partial charge in [-0.3, -0.25) is 0 Å². The van der Waals surface area contributed by atoms with Crippen LogP contribution in [0, 0.1) is 0 Å². The zero-order valence-electron chi connectivity index (χ0n) is 11.0. The normalized spacial score (nSPS) is 14.6. The van der Waals surface area contributed by atoms with Crippen LogP contribution in [0.15, 0.2) is 42.5 Å². The highest BCUT2D eigenvalue weighted by atomic mass is 31.1. The van der Waals surface area contributed by atoms with Gasteiger partial charge < -0.3 is 14.2 Å². The fourth-order valence-corrected chi connectivity index (χ4v) is 3.21. The van der Waals surface area contributed by atoms with E-state index in [1.54, 1.807) is 19.2 Å². The maximum atomic E-state index is 12.0. The van der Waals surface area contributed by atoms with Crippen LogP contribution in [0.1, 0.15) is 5.56 Å². The molecule has 0 saturated heterocycles. The number of hydrogen-bond donors (Lipinski definition) is 0. The fraction of sp³-hybridized carbons (Fsp3) is 0.200. The predicted octanol–water partition coefficient (Wildman–Crippen LogP) is 3.08. The van der Waals surface area contributed by atoms with Gasteiger partial charge >= 0.3 is 7.80 Å². The summed E-state index contributed by atoms with van der Waals surface area (Å²) in [6.45, 7) is 0.420. The second kappa shape index (κ2) is 5.51. The first kappa shape index (κ1) is 12.9. The van der Waals surface area contributed by atoms with Crippen molar-refractivity contribution in [2.45, 2.75) is 6.61 Å². The van der Waals surface area contributed by atoms with Gasteiger partial charge in [-0.25, -0.2) is 0 Å². The molecule has 4 nitrogen and oxygen atoms in total. The number of benzene rings is 2. The lowest BCUT2D eigenvalue weighted by molar-refractivity contribution is 0.304. The second-order valence-corrected chi connectivity index (χ2v) is 5.86. The minimum atomic E-state index is -1.55. The van der Waals surface area contributed by atoms with Gasteiger partial charge in [0.15, 0.2) is 11.5 Å². The van der Waals surface area contributed by atoms with Gasteiger partial charge in [-0.05, 0) is 5.56 Å². The van der Waals surface area contributed by atoms with Crippen LogP contribution in [0.2, 0.25) is 0 Å². The maximum absolute atomic E-state index is 12.0. The van der Waals surface area contributed by atoms with Crippen LogP contribution in [-0.2, 0) is 11.2 Å². The molecule has 1 aliphatic heterocycles. The largest absolute Gasteiger partial charge is 0.496 e. The molecule has 2 aromatic rings. The Balaban J connectivity index is 1.89. The SMILES string of the molecule is COc1cc(OCc2ccccc2)c2c(c1)OC[P+]2=O. The quantitative estimate of drug-likeness (QED) is 0.811. The number of methoxy groups -OCH3 is 1. The van der Waals surface area contributed by atoms with Crippen molar-refractivity contribution >= 4 is 13.1 Å². The molecule has 0 saturated carbocycles. The fourth-order valence-electron chi connectivity index (χ4n) is 2.07. The summed E-state index contributed by atoms with van der Waals surface area (Å²) < 4.78 is 28.4. The Morgan fingerprint density at radius 2 is 2.05 bits per heavy atom. The molecule has 5 heteroatoms. The van der Waals surface area contributed by atoms with Gasteiger partial charge in [0.2, 0.25) is 0 Å². The summed E-state index contributed by atoms with van der Waals surface area (Å²) in [5.41, 5.74) is 1.05. The van der Waals surface area contributed by atoms with Crippen molar-refractivity contribution in [1.29, 1.82) is 0 Å². The third-order valence-corrected chi connectivity index (χ3v) is 4.38. The van der Waals surface area contributed by atoms with E-state index in [2.05, 4.69) is 0 Å². The van der Waals surface area contributed by atoms with Crippen LogP contribution in [0.3, 0.4) is 0 Å². The molecule has 0 aromatic heterocycles. The molecule has 3 rings (SSSR count). The molecular weight excluding hydrogens is 275 g/mol. The van der Waals surface area contributed by atoms with Gasteiger partial charge in [-0.1, -0.05) is 34.9 Å². The van der Waals surface area contributed by atoms with Gasteiger partial charge in [0.1, 0.15) is 12.4 Å². The van der Waals surface area contributed by atoms with Gasteiger partial charge in [-0.15, -0.1) is 0 Å². The third kappa shape index (κ3) is 2.47. The van der Waals surface area contributed by atoms with E-state index >= 15 is 0 Å². The van der Waals surface area contributed by atoms with E-state index in [-0.39, 0.29) is 6.35 Å². The molecule has 0 amide bonds. The van der Waals surface area contributed by atoms with E-state index in [0.29, 0.717) is 29.2 Å². The molecule has 0 N–H and O–H groups in total. The first-order chi connectivity index (χ1) is 9.78. The van der Waals surface area contributed by atoms with Crippen molar-refractivity contribution in [3.05, 3.63) is 48.0 Å². The van der Waals surface area contributed by atoms with Gasteiger partial charge in [0.05, 0.1) is 7.11 Å². The van der Waals surface area contributed by atoms with Gasteiger partial charge in [-0.2, -0.15) is 0 Å². The summed E-state index contributed by atoms with van der Waals surface area (Å²) in [4.78, 5) is 0. The highest BCUT2D eigenvalue weighted by Crippen LogP contribution is 2.41. The van der Waals surface area contributed by atoms with Crippen LogP contribution in [0.25, 0.3) is 0 Å². The highest BCUT2D eigenvalue weighted by molar-refractivity contribution is 7.54. The lowest BCUT2D eigenvalue weighted by Gasteiger charge is -2.08. The Hall–Kier alpha value is -2.06. The molecule has 20 heavy (non-hydrogen) atoms. The third-order valence-electron chi connectivity index (χ3n) is 3.07. The Morgan fingerprint density at radius 3 is 2.80 bits per heavy atom. The summed E-state index contributed by atoms with van der Waals surface area (Å²) in [7, 11) is 0.0287. The number of hydrogen-bond acceptors (Lipinski definition) is 4. The summed E-state index contributed by atoms with van der Waals surface area (Å²) in [5.74, 6) is 1.80. The van der Waals surface area contributed by atoms with Gasteiger partial charge in [0.25, 0.3) is 11.7 Å². The predicted molar refractivity (Wildman–Crippen MR) is 76.5 cm³/mol. The summed E-state index contributed by atoms with van der Waals surface area (Å²) >= 11 is 0. The molecule has 1 aliphatic rings. The van der Waals surface area contributed by atoms with E-state index in [4.69, 9.17) is 14.2 Å². The Labute approximate surface area is 118 Å².